The van der Waals surface area contributed by atoms with Gasteiger partial charge in [-0.15, -0.1) is 24.0 Å². The molecule has 8 heteroatoms. The number of methoxy groups -OCH3 is 1. The SMILES string of the molecule is CN=C(NCCNC(=O)c1cccc(OC)c1)N(C)Cc1cccc(F)c1.I. The van der Waals surface area contributed by atoms with Gasteiger partial charge in [0, 0.05) is 39.3 Å². The molecule has 0 atom stereocenters. The Balaban J connectivity index is 0.00000392. The number of halogens is 2. The summed E-state index contributed by atoms with van der Waals surface area (Å²) in [6.07, 6.45) is 0. The minimum Gasteiger partial charge on any atom is -0.497 e. The first-order chi connectivity index (χ1) is 13.0. The van der Waals surface area contributed by atoms with Crippen LogP contribution in [-0.2, 0) is 6.54 Å². The lowest BCUT2D eigenvalue weighted by Crippen LogP contribution is -2.42. The quantitative estimate of drug-likeness (QED) is 0.266. The lowest BCUT2D eigenvalue weighted by molar-refractivity contribution is 0.0954. The molecule has 6 nitrogen and oxygen atoms in total. The van der Waals surface area contributed by atoms with Gasteiger partial charge in [0.2, 0.25) is 0 Å². The van der Waals surface area contributed by atoms with Crippen molar-refractivity contribution in [1.29, 1.82) is 0 Å². The highest BCUT2D eigenvalue weighted by Crippen LogP contribution is 2.12. The van der Waals surface area contributed by atoms with Gasteiger partial charge in [-0.2, -0.15) is 0 Å². The highest BCUT2D eigenvalue weighted by atomic mass is 127. The summed E-state index contributed by atoms with van der Waals surface area (Å²) in [5, 5.41) is 6.02. The van der Waals surface area contributed by atoms with Gasteiger partial charge >= 0.3 is 0 Å². The maximum absolute atomic E-state index is 13.3. The minimum absolute atomic E-state index is 0. The second-order valence-corrected chi connectivity index (χ2v) is 5.95. The number of aliphatic imine (C=N–C) groups is 1. The maximum atomic E-state index is 13.3. The topological polar surface area (TPSA) is 66.0 Å². The zero-order valence-electron chi connectivity index (χ0n) is 16.2. The fraction of sp³-hybridized carbons (Fsp3) is 0.300. The van der Waals surface area contributed by atoms with Gasteiger partial charge in [-0.1, -0.05) is 18.2 Å². The summed E-state index contributed by atoms with van der Waals surface area (Å²) in [5.41, 5.74) is 1.40. The van der Waals surface area contributed by atoms with Crippen molar-refractivity contribution in [1.82, 2.24) is 15.5 Å². The van der Waals surface area contributed by atoms with E-state index in [0.717, 1.165) is 5.56 Å². The van der Waals surface area contributed by atoms with E-state index < -0.39 is 0 Å². The molecule has 0 aromatic heterocycles. The van der Waals surface area contributed by atoms with Gasteiger partial charge in [0.05, 0.1) is 7.11 Å². The molecule has 2 N–H and O–H groups in total. The Bertz CT molecular complexity index is 801. The molecule has 0 bridgehead atoms. The molecule has 1 amide bonds. The van der Waals surface area contributed by atoms with E-state index in [9.17, 15) is 9.18 Å². The van der Waals surface area contributed by atoms with Crippen LogP contribution in [0.3, 0.4) is 0 Å². The number of hydrogen-bond donors (Lipinski definition) is 2. The summed E-state index contributed by atoms with van der Waals surface area (Å²) in [6.45, 7) is 1.46. The fourth-order valence-electron chi connectivity index (χ4n) is 2.59. The summed E-state index contributed by atoms with van der Waals surface area (Å²) < 4.78 is 18.4. The van der Waals surface area contributed by atoms with E-state index >= 15 is 0 Å². The van der Waals surface area contributed by atoms with Gasteiger partial charge in [0.15, 0.2) is 5.96 Å². The number of carbonyl (C=O) groups excluding carboxylic acids is 1. The van der Waals surface area contributed by atoms with Crippen molar-refractivity contribution in [2.75, 3.05) is 34.3 Å². The Morgan fingerprint density at radius 1 is 1.14 bits per heavy atom. The molecule has 0 saturated carbocycles. The smallest absolute Gasteiger partial charge is 0.251 e. The predicted octanol–water partition coefficient (Wildman–Crippen LogP) is 2.89. The van der Waals surface area contributed by atoms with E-state index in [0.29, 0.717) is 36.9 Å². The zero-order chi connectivity index (χ0) is 19.6. The monoisotopic (exact) mass is 500 g/mol. The van der Waals surface area contributed by atoms with Crippen molar-refractivity contribution in [2.24, 2.45) is 4.99 Å². The number of hydrogen-bond acceptors (Lipinski definition) is 3. The number of nitrogens with one attached hydrogen (secondary N) is 2. The van der Waals surface area contributed by atoms with Crippen molar-refractivity contribution in [3.8, 4) is 5.75 Å². The van der Waals surface area contributed by atoms with Gasteiger partial charge in [-0.3, -0.25) is 9.79 Å². The first-order valence-corrected chi connectivity index (χ1v) is 8.62. The van der Waals surface area contributed by atoms with E-state index in [1.807, 2.05) is 18.0 Å². The van der Waals surface area contributed by atoms with Crippen LogP contribution in [0.4, 0.5) is 4.39 Å². The minimum atomic E-state index is -0.260. The number of ether oxygens (including phenoxy) is 1. The normalized spacial score (nSPS) is 10.6. The Morgan fingerprint density at radius 3 is 2.54 bits per heavy atom. The molecule has 0 radical (unpaired) electrons. The summed E-state index contributed by atoms with van der Waals surface area (Å²) in [5.74, 6) is 0.873. The van der Waals surface area contributed by atoms with Crippen LogP contribution in [0, 0.1) is 5.82 Å². The van der Waals surface area contributed by atoms with Gasteiger partial charge in [-0.25, -0.2) is 4.39 Å². The number of nitrogens with zero attached hydrogens (tertiary/aromatic N) is 2. The second-order valence-electron chi connectivity index (χ2n) is 5.95. The van der Waals surface area contributed by atoms with Crippen molar-refractivity contribution in [3.05, 3.63) is 65.5 Å². The Hall–Kier alpha value is -2.36. The average molecular weight is 500 g/mol. The van der Waals surface area contributed by atoms with E-state index in [4.69, 9.17) is 4.74 Å². The largest absolute Gasteiger partial charge is 0.497 e. The molecule has 0 fully saturated rings. The molecule has 0 saturated heterocycles. The second kappa shape index (κ2) is 12.2. The van der Waals surface area contributed by atoms with Gasteiger partial charge in [0.25, 0.3) is 5.91 Å². The lowest BCUT2D eigenvalue weighted by Gasteiger charge is -2.22. The third kappa shape index (κ3) is 7.34. The summed E-state index contributed by atoms with van der Waals surface area (Å²) in [4.78, 5) is 18.3. The number of benzene rings is 2. The predicted molar refractivity (Wildman–Crippen MR) is 120 cm³/mol. The van der Waals surface area contributed by atoms with E-state index in [-0.39, 0.29) is 35.7 Å². The van der Waals surface area contributed by atoms with Crippen LogP contribution in [0.15, 0.2) is 53.5 Å². The third-order valence-electron chi connectivity index (χ3n) is 3.91. The highest BCUT2D eigenvalue weighted by molar-refractivity contribution is 14.0. The molecule has 2 aromatic carbocycles. The third-order valence-corrected chi connectivity index (χ3v) is 3.91. The Morgan fingerprint density at radius 2 is 1.86 bits per heavy atom. The molecular weight excluding hydrogens is 474 g/mol. The Kier molecular flexibility index (Phi) is 10.3. The molecule has 0 heterocycles. The summed E-state index contributed by atoms with van der Waals surface area (Å²) in [6, 6.07) is 13.4. The molecule has 2 rings (SSSR count). The molecule has 0 aliphatic heterocycles. The van der Waals surface area contributed by atoms with Crippen LogP contribution in [0.25, 0.3) is 0 Å². The van der Waals surface area contributed by atoms with E-state index in [2.05, 4.69) is 15.6 Å². The zero-order valence-corrected chi connectivity index (χ0v) is 18.6. The van der Waals surface area contributed by atoms with Crippen LogP contribution in [0.1, 0.15) is 15.9 Å². The molecule has 0 aliphatic rings. The average Bonchev–Trinajstić information content (AvgIpc) is 2.67. The molecule has 0 aliphatic carbocycles. The number of carbonyl (C=O) groups is 1. The Labute approximate surface area is 182 Å². The van der Waals surface area contributed by atoms with Gasteiger partial charge in [0.1, 0.15) is 11.6 Å². The molecule has 0 spiro atoms. The van der Waals surface area contributed by atoms with Crippen LogP contribution >= 0.6 is 24.0 Å². The first kappa shape index (κ1) is 23.7. The van der Waals surface area contributed by atoms with Crippen molar-refractivity contribution in [3.63, 3.8) is 0 Å². The van der Waals surface area contributed by atoms with Crippen LogP contribution in [0.5, 0.6) is 5.75 Å². The summed E-state index contributed by atoms with van der Waals surface area (Å²) in [7, 11) is 5.11. The standard InChI is InChI=1S/C20H25FN4O2.HI/c1-22-20(25(2)14-15-6-4-8-17(21)12-15)24-11-10-23-19(26)16-7-5-9-18(13-16)27-3;/h4-9,12-13H,10-11,14H2,1-3H3,(H,22,24)(H,23,26);1H. The maximum Gasteiger partial charge on any atom is 0.251 e. The van der Waals surface area contributed by atoms with Crippen LogP contribution in [-0.4, -0.2) is 51.1 Å². The van der Waals surface area contributed by atoms with E-state index in [1.54, 1.807) is 44.5 Å². The van der Waals surface area contributed by atoms with Gasteiger partial charge in [-0.05, 0) is 35.9 Å². The number of amides is 1. The highest BCUT2D eigenvalue weighted by Gasteiger charge is 2.08. The fourth-order valence-corrected chi connectivity index (χ4v) is 2.59. The lowest BCUT2D eigenvalue weighted by atomic mass is 10.2. The van der Waals surface area contributed by atoms with Crippen LogP contribution in [0.2, 0.25) is 0 Å². The van der Waals surface area contributed by atoms with Crippen LogP contribution < -0.4 is 15.4 Å². The summed E-state index contributed by atoms with van der Waals surface area (Å²) >= 11 is 0. The molecule has 28 heavy (non-hydrogen) atoms. The van der Waals surface area contributed by atoms with Crippen molar-refractivity contribution in [2.45, 2.75) is 6.54 Å². The first-order valence-electron chi connectivity index (χ1n) is 8.62. The van der Waals surface area contributed by atoms with Gasteiger partial charge < -0.3 is 20.3 Å². The molecule has 0 unspecified atom stereocenters. The molecule has 2 aromatic rings. The molecular formula is C20H26FIN4O2. The molecule has 152 valence electrons. The van der Waals surface area contributed by atoms with Crippen molar-refractivity contribution >= 4 is 35.8 Å². The number of guanidine groups is 1. The number of rotatable bonds is 7. The van der Waals surface area contributed by atoms with Crippen molar-refractivity contribution < 1.29 is 13.9 Å². The van der Waals surface area contributed by atoms with E-state index in [1.165, 1.54) is 12.1 Å².